The van der Waals surface area contributed by atoms with Gasteiger partial charge in [0, 0.05) is 5.69 Å². The molecule has 0 aromatic carbocycles. The van der Waals surface area contributed by atoms with Crippen molar-refractivity contribution in [1.82, 2.24) is 9.97 Å². The van der Waals surface area contributed by atoms with E-state index in [-0.39, 0.29) is 28.7 Å². The summed E-state index contributed by atoms with van der Waals surface area (Å²) in [5, 5.41) is 0.227. The summed E-state index contributed by atoms with van der Waals surface area (Å²) in [7, 11) is 0. The summed E-state index contributed by atoms with van der Waals surface area (Å²) in [6.07, 6.45) is 0. The maximum Gasteiger partial charge on any atom is 0.346 e. The molecule has 1 aromatic heterocycles. The van der Waals surface area contributed by atoms with Crippen LogP contribution in [0, 0.1) is 6.92 Å². The molecule has 1 N–H and O–H groups in total. The lowest BCUT2D eigenvalue weighted by atomic mass is 10.2. The molecule has 0 radical (unpaired) electrons. The van der Waals surface area contributed by atoms with Gasteiger partial charge in [-0.3, -0.25) is 4.79 Å². The van der Waals surface area contributed by atoms with Gasteiger partial charge in [-0.2, -0.15) is 4.98 Å². The van der Waals surface area contributed by atoms with E-state index in [4.69, 9.17) is 4.74 Å². The molecule has 0 fully saturated rings. The van der Waals surface area contributed by atoms with Gasteiger partial charge in [-0.15, -0.1) is 0 Å². The van der Waals surface area contributed by atoms with Gasteiger partial charge in [0.25, 0.3) is 0 Å². The molecule has 98 valence electrons. The molecule has 18 heavy (non-hydrogen) atoms. The van der Waals surface area contributed by atoms with Crippen LogP contribution in [-0.4, -0.2) is 34.1 Å². The van der Waals surface area contributed by atoms with Crippen molar-refractivity contribution in [1.29, 1.82) is 0 Å². The second-order valence-electron chi connectivity index (χ2n) is 3.56. The van der Waals surface area contributed by atoms with Crippen LogP contribution >= 0.6 is 11.8 Å². The number of carbonyl (C=O) groups excluding carboxylic acids is 2. The molecule has 0 unspecified atom stereocenters. The molecule has 0 aliphatic heterocycles. The fourth-order valence-corrected chi connectivity index (χ4v) is 2.15. The van der Waals surface area contributed by atoms with Crippen molar-refractivity contribution in [3.05, 3.63) is 21.7 Å². The minimum Gasteiger partial charge on any atom is -0.462 e. The first-order chi connectivity index (χ1) is 8.45. The maximum absolute atomic E-state index is 11.8. The van der Waals surface area contributed by atoms with E-state index in [0.717, 1.165) is 11.8 Å². The van der Waals surface area contributed by atoms with E-state index in [1.807, 2.05) is 0 Å². The Labute approximate surface area is 108 Å². The van der Waals surface area contributed by atoms with E-state index in [0.29, 0.717) is 5.69 Å². The zero-order valence-corrected chi connectivity index (χ0v) is 11.2. The molecule has 1 rings (SSSR count). The third kappa shape index (κ3) is 3.69. The Bertz CT molecular complexity index is 524. The number of aryl methyl sites for hydroxylation is 1. The zero-order chi connectivity index (χ0) is 13.7. The number of hydrogen-bond donors (Lipinski definition) is 1. The Morgan fingerprint density at radius 2 is 2.11 bits per heavy atom. The number of Topliss-reactive ketones (excluding diaryl/α,β-unsaturated/α-hetero) is 1. The molecule has 0 saturated carbocycles. The minimum absolute atomic E-state index is 0.0606. The number of esters is 1. The van der Waals surface area contributed by atoms with Gasteiger partial charge in [-0.25, -0.2) is 9.59 Å². The third-order valence-corrected chi connectivity index (χ3v) is 3.10. The molecule has 0 aliphatic carbocycles. The summed E-state index contributed by atoms with van der Waals surface area (Å²) in [6, 6.07) is 0. The second-order valence-corrected chi connectivity index (χ2v) is 4.52. The lowest BCUT2D eigenvalue weighted by molar-refractivity contribution is -0.114. The van der Waals surface area contributed by atoms with Crippen molar-refractivity contribution in [2.75, 3.05) is 12.4 Å². The maximum atomic E-state index is 11.8. The molecular formula is C11H14N2O4S. The fraction of sp³-hybridized carbons (Fsp3) is 0.455. The Hall–Kier alpha value is -1.63. The van der Waals surface area contributed by atoms with E-state index < -0.39 is 11.7 Å². The highest BCUT2D eigenvalue weighted by atomic mass is 32.2. The summed E-state index contributed by atoms with van der Waals surface area (Å²) in [6.45, 7) is 4.94. The van der Waals surface area contributed by atoms with Crippen molar-refractivity contribution in [3.63, 3.8) is 0 Å². The van der Waals surface area contributed by atoms with Crippen LogP contribution in [0.4, 0.5) is 0 Å². The van der Waals surface area contributed by atoms with Crippen molar-refractivity contribution >= 4 is 23.5 Å². The van der Waals surface area contributed by atoms with Crippen LogP contribution in [0.3, 0.4) is 0 Å². The topological polar surface area (TPSA) is 89.1 Å². The van der Waals surface area contributed by atoms with Gasteiger partial charge < -0.3 is 9.72 Å². The predicted molar refractivity (Wildman–Crippen MR) is 67.0 cm³/mol. The monoisotopic (exact) mass is 270 g/mol. The first kappa shape index (κ1) is 14.4. The zero-order valence-electron chi connectivity index (χ0n) is 10.4. The Morgan fingerprint density at radius 3 is 2.67 bits per heavy atom. The van der Waals surface area contributed by atoms with Crippen molar-refractivity contribution in [2.45, 2.75) is 25.8 Å². The number of aromatic nitrogens is 2. The largest absolute Gasteiger partial charge is 0.462 e. The number of nitrogens with zero attached hydrogens (tertiary/aromatic N) is 1. The van der Waals surface area contributed by atoms with E-state index in [1.165, 1.54) is 6.92 Å². The highest BCUT2D eigenvalue weighted by Gasteiger charge is 2.19. The van der Waals surface area contributed by atoms with Gasteiger partial charge in [-0.05, 0) is 20.8 Å². The lowest BCUT2D eigenvalue weighted by Gasteiger charge is -2.08. The lowest BCUT2D eigenvalue weighted by Crippen LogP contribution is -2.20. The van der Waals surface area contributed by atoms with Crippen LogP contribution in [0.1, 0.15) is 29.9 Å². The number of nitrogens with one attached hydrogen (secondary N) is 1. The summed E-state index contributed by atoms with van der Waals surface area (Å²) in [4.78, 5) is 40.1. The fourth-order valence-electron chi connectivity index (χ4n) is 1.28. The number of carbonyl (C=O) groups is 2. The number of ketones is 1. The number of ether oxygens (including phenoxy) is 1. The van der Waals surface area contributed by atoms with Crippen LogP contribution in [-0.2, 0) is 9.53 Å². The van der Waals surface area contributed by atoms with E-state index in [9.17, 15) is 14.4 Å². The quantitative estimate of drug-likeness (QED) is 0.486. The minimum atomic E-state index is -0.551. The van der Waals surface area contributed by atoms with Gasteiger partial charge in [0.1, 0.15) is 16.4 Å². The number of rotatable bonds is 5. The highest BCUT2D eigenvalue weighted by molar-refractivity contribution is 8.00. The molecule has 0 atom stereocenters. The second kappa shape index (κ2) is 6.34. The average Bonchev–Trinajstić information content (AvgIpc) is 2.25. The molecule has 0 saturated heterocycles. The molecule has 7 heteroatoms. The summed E-state index contributed by atoms with van der Waals surface area (Å²) in [5.41, 5.74) is 0.0498. The number of thioether (sulfide) groups is 1. The van der Waals surface area contributed by atoms with Crippen LogP contribution in [0.25, 0.3) is 0 Å². The van der Waals surface area contributed by atoms with Gasteiger partial charge >= 0.3 is 11.7 Å². The van der Waals surface area contributed by atoms with Gasteiger partial charge in [-0.1, -0.05) is 11.8 Å². The number of hydrogen-bond acceptors (Lipinski definition) is 6. The molecule has 0 amide bonds. The molecular weight excluding hydrogens is 256 g/mol. The summed E-state index contributed by atoms with van der Waals surface area (Å²) in [5.74, 6) is -0.457. The number of H-pyrrole nitrogens is 1. The molecule has 1 heterocycles. The van der Waals surface area contributed by atoms with Gasteiger partial charge in [0.05, 0.1) is 12.4 Å². The van der Waals surface area contributed by atoms with Crippen LogP contribution < -0.4 is 5.69 Å². The number of aromatic amines is 1. The normalized spacial score (nSPS) is 10.2. The van der Waals surface area contributed by atoms with Crippen molar-refractivity contribution in [3.8, 4) is 0 Å². The van der Waals surface area contributed by atoms with Crippen LogP contribution in [0.5, 0.6) is 0 Å². The van der Waals surface area contributed by atoms with Gasteiger partial charge in [0.2, 0.25) is 0 Å². The first-order valence-electron chi connectivity index (χ1n) is 5.36. The van der Waals surface area contributed by atoms with Crippen molar-refractivity contribution < 1.29 is 14.3 Å². The van der Waals surface area contributed by atoms with E-state index >= 15 is 0 Å². The van der Waals surface area contributed by atoms with Crippen LogP contribution in [0.15, 0.2) is 9.82 Å². The molecule has 6 nitrogen and oxygen atoms in total. The molecule has 0 aliphatic rings. The SMILES string of the molecule is CCOC(=O)c1c(SCC(C)=O)nc(=O)[nH]c1C. The summed E-state index contributed by atoms with van der Waals surface area (Å²) >= 11 is 1.06. The molecule has 0 spiro atoms. The summed E-state index contributed by atoms with van der Waals surface area (Å²) < 4.78 is 4.90. The third-order valence-electron chi connectivity index (χ3n) is 1.98. The Kier molecular flexibility index (Phi) is 5.08. The highest BCUT2D eigenvalue weighted by Crippen LogP contribution is 2.21. The Morgan fingerprint density at radius 1 is 1.44 bits per heavy atom. The smallest absolute Gasteiger partial charge is 0.346 e. The van der Waals surface area contributed by atoms with Crippen LogP contribution in [0.2, 0.25) is 0 Å². The standard InChI is InChI=1S/C11H14N2O4S/c1-4-17-10(15)8-7(3)12-11(16)13-9(8)18-5-6(2)14/h4-5H2,1-3H3,(H,12,13,16). The van der Waals surface area contributed by atoms with Crippen molar-refractivity contribution in [2.24, 2.45) is 0 Å². The van der Waals surface area contributed by atoms with E-state index in [2.05, 4.69) is 9.97 Å². The average molecular weight is 270 g/mol. The first-order valence-corrected chi connectivity index (χ1v) is 6.34. The Balaban J connectivity index is 3.16. The van der Waals surface area contributed by atoms with E-state index in [1.54, 1.807) is 13.8 Å². The molecule has 0 bridgehead atoms. The predicted octanol–water partition coefficient (Wildman–Crippen LogP) is 0.936. The molecule has 1 aromatic rings. The van der Waals surface area contributed by atoms with Gasteiger partial charge in [0.15, 0.2) is 0 Å².